The molecule has 2 fully saturated rings. The summed E-state index contributed by atoms with van der Waals surface area (Å²) >= 11 is 0. The first kappa shape index (κ1) is 20.3. The Kier molecular flexibility index (Phi) is 6.88. The summed E-state index contributed by atoms with van der Waals surface area (Å²) in [5.74, 6) is 0.293. The summed E-state index contributed by atoms with van der Waals surface area (Å²) in [6.45, 7) is 3.87. The molecule has 150 valence electrons. The number of carbonyl (C=O) groups excluding carboxylic acids is 1. The van der Waals surface area contributed by atoms with Gasteiger partial charge in [-0.25, -0.2) is 4.39 Å². The van der Waals surface area contributed by atoms with Crippen molar-refractivity contribution in [3.63, 3.8) is 0 Å². The third-order valence-electron chi connectivity index (χ3n) is 6.68. The quantitative estimate of drug-likeness (QED) is 0.860. The zero-order chi connectivity index (χ0) is 19.4. The maximum atomic E-state index is 13.3. The topological polar surface area (TPSA) is 49.6 Å². The Balaban J connectivity index is 1.80. The second kappa shape index (κ2) is 9.16. The number of halogens is 1. The smallest absolute Gasteiger partial charge is 0.219 e. The van der Waals surface area contributed by atoms with Crippen molar-refractivity contribution < 1.29 is 9.18 Å². The largest absolute Gasteiger partial charge is 0.343 e. The van der Waals surface area contributed by atoms with Gasteiger partial charge in [-0.05, 0) is 75.2 Å². The number of hydrogen-bond acceptors (Lipinski definition) is 3. The molecule has 0 bridgehead atoms. The number of nitrogens with zero attached hydrogens (tertiary/aromatic N) is 2. The molecule has 3 rings (SSSR count). The van der Waals surface area contributed by atoms with Crippen LogP contribution in [0.25, 0.3) is 0 Å². The summed E-state index contributed by atoms with van der Waals surface area (Å²) in [5, 5.41) is 0. The molecule has 2 aliphatic rings. The minimum absolute atomic E-state index is 0.127. The standard InChI is InChI=1S/C22H34FN3O/c1-16(27)25(2)19-10-11-21(24)20(15-19)22(26-12-4-3-5-13-26)14-17-6-8-18(23)9-7-17/h6-9,19-22H,3-5,10-15,24H2,1-2H3/t19?,20-,21+,22?/m0/s1. The fraction of sp³-hybridized carbons (Fsp3) is 0.682. The lowest BCUT2D eigenvalue weighted by molar-refractivity contribution is -0.130. The van der Waals surface area contributed by atoms with E-state index in [1.807, 2.05) is 24.1 Å². The van der Waals surface area contributed by atoms with Crippen molar-refractivity contribution in [3.8, 4) is 0 Å². The number of likely N-dealkylation sites (tertiary alicyclic amines) is 1. The molecule has 0 aromatic heterocycles. The van der Waals surface area contributed by atoms with Gasteiger partial charge in [-0.2, -0.15) is 0 Å². The van der Waals surface area contributed by atoms with Crippen LogP contribution in [-0.4, -0.2) is 54.0 Å². The van der Waals surface area contributed by atoms with Crippen LogP contribution in [0, 0.1) is 11.7 Å². The van der Waals surface area contributed by atoms with Crippen LogP contribution in [0.4, 0.5) is 4.39 Å². The molecule has 2 unspecified atom stereocenters. The minimum Gasteiger partial charge on any atom is -0.343 e. The van der Waals surface area contributed by atoms with Crippen molar-refractivity contribution >= 4 is 5.91 Å². The minimum atomic E-state index is -0.189. The first-order chi connectivity index (χ1) is 13.0. The lowest BCUT2D eigenvalue weighted by Gasteiger charge is -2.46. The highest BCUT2D eigenvalue weighted by molar-refractivity contribution is 5.73. The summed E-state index contributed by atoms with van der Waals surface area (Å²) in [4.78, 5) is 16.4. The fourth-order valence-corrected chi connectivity index (χ4v) is 4.92. The van der Waals surface area contributed by atoms with E-state index < -0.39 is 0 Å². The first-order valence-electron chi connectivity index (χ1n) is 10.4. The predicted octanol–water partition coefficient (Wildman–Crippen LogP) is 3.20. The fourth-order valence-electron chi connectivity index (χ4n) is 4.92. The molecule has 1 amide bonds. The van der Waals surface area contributed by atoms with E-state index in [4.69, 9.17) is 5.73 Å². The molecule has 0 spiro atoms. The summed E-state index contributed by atoms with van der Waals surface area (Å²) in [6, 6.07) is 7.70. The molecular formula is C22H34FN3O. The van der Waals surface area contributed by atoms with Crippen LogP contribution in [-0.2, 0) is 11.2 Å². The maximum Gasteiger partial charge on any atom is 0.219 e. The Morgan fingerprint density at radius 1 is 1.22 bits per heavy atom. The van der Waals surface area contributed by atoms with Crippen LogP contribution in [0.2, 0.25) is 0 Å². The highest BCUT2D eigenvalue weighted by Crippen LogP contribution is 2.33. The van der Waals surface area contributed by atoms with Gasteiger partial charge in [0.25, 0.3) is 0 Å². The number of benzene rings is 1. The van der Waals surface area contributed by atoms with Gasteiger partial charge in [0.2, 0.25) is 5.91 Å². The van der Waals surface area contributed by atoms with Crippen LogP contribution < -0.4 is 5.73 Å². The molecule has 1 saturated heterocycles. The predicted molar refractivity (Wildman–Crippen MR) is 107 cm³/mol. The number of rotatable bonds is 5. The van der Waals surface area contributed by atoms with Crippen LogP contribution in [0.1, 0.15) is 51.0 Å². The van der Waals surface area contributed by atoms with Crippen molar-refractivity contribution in [2.45, 2.75) is 70.0 Å². The average Bonchev–Trinajstić information content (AvgIpc) is 2.68. The average molecular weight is 376 g/mol. The molecule has 4 atom stereocenters. The molecule has 5 heteroatoms. The second-order valence-electron chi connectivity index (χ2n) is 8.42. The van der Waals surface area contributed by atoms with Gasteiger partial charge in [-0.15, -0.1) is 0 Å². The molecule has 27 heavy (non-hydrogen) atoms. The van der Waals surface area contributed by atoms with Crippen molar-refractivity contribution in [1.29, 1.82) is 0 Å². The third-order valence-corrected chi connectivity index (χ3v) is 6.68. The van der Waals surface area contributed by atoms with Gasteiger partial charge in [0, 0.05) is 32.1 Å². The number of carbonyl (C=O) groups is 1. The van der Waals surface area contributed by atoms with Gasteiger partial charge in [0.05, 0.1) is 0 Å². The molecule has 1 saturated carbocycles. The monoisotopic (exact) mass is 375 g/mol. The lowest BCUT2D eigenvalue weighted by Crippen LogP contribution is -2.55. The Bertz CT molecular complexity index is 614. The number of piperidine rings is 1. The number of hydrogen-bond donors (Lipinski definition) is 1. The molecule has 0 radical (unpaired) electrons. The van der Waals surface area contributed by atoms with E-state index in [9.17, 15) is 9.18 Å². The van der Waals surface area contributed by atoms with E-state index in [1.54, 1.807) is 19.1 Å². The highest BCUT2D eigenvalue weighted by atomic mass is 19.1. The van der Waals surface area contributed by atoms with Gasteiger partial charge in [-0.1, -0.05) is 18.6 Å². The van der Waals surface area contributed by atoms with E-state index in [0.29, 0.717) is 12.0 Å². The molecule has 1 aromatic carbocycles. The van der Waals surface area contributed by atoms with Crippen LogP contribution >= 0.6 is 0 Å². The zero-order valence-corrected chi connectivity index (χ0v) is 16.7. The van der Waals surface area contributed by atoms with Gasteiger partial charge in [-0.3, -0.25) is 9.69 Å². The molecule has 1 aliphatic heterocycles. The van der Waals surface area contributed by atoms with Crippen LogP contribution in [0.5, 0.6) is 0 Å². The normalized spacial score (nSPS) is 27.9. The SMILES string of the molecule is CC(=O)N(C)C1CC[C@@H](N)[C@@H](C(Cc2ccc(F)cc2)N2CCCCC2)C1. The van der Waals surface area contributed by atoms with E-state index in [1.165, 1.54) is 24.8 Å². The molecule has 1 aliphatic carbocycles. The second-order valence-corrected chi connectivity index (χ2v) is 8.42. The summed E-state index contributed by atoms with van der Waals surface area (Å²) in [5.41, 5.74) is 7.78. The Morgan fingerprint density at radius 2 is 1.89 bits per heavy atom. The van der Waals surface area contributed by atoms with Gasteiger partial charge < -0.3 is 10.6 Å². The molecular weight excluding hydrogens is 341 g/mol. The zero-order valence-electron chi connectivity index (χ0n) is 16.7. The number of amides is 1. The van der Waals surface area contributed by atoms with Crippen molar-refractivity contribution in [2.75, 3.05) is 20.1 Å². The summed E-state index contributed by atoms with van der Waals surface area (Å²) < 4.78 is 13.3. The van der Waals surface area contributed by atoms with Crippen molar-refractivity contribution in [3.05, 3.63) is 35.6 Å². The van der Waals surface area contributed by atoms with Crippen molar-refractivity contribution in [2.24, 2.45) is 11.7 Å². The summed E-state index contributed by atoms with van der Waals surface area (Å²) in [6.07, 6.45) is 7.57. The third kappa shape index (κ3) is 5.08. The van der Waals surface area contributed by atoms with E-state index >= 15 is 0 Å². The number of nitrogens with two attached hydrogens (primary N) is 1. The van der Waals surface area contributed by atoms with E-state index in [-0.39, 0.29) is 23.8 Å². The van der Waals surface area contributed by atoms with Gasteiger partial charge >= 0.3 is 0 Å². The first-order valence-corrected chi connectivity index (χ1v) is 10.4. The molecule has 2 N–H and O–H groups in total. The molecule has 1 aromatic rings. The molecule has 4 nitrogen and oxygen atoms in total. The van der Waals surface area contributed by atoms with Gasteiger partial charge in [0.15, 0.2) is 0 Å². The van der Waals surface area contributed by atoms with Crippen LogP contribution in [0.15, 0.2) is 24.3 Å². The maximum absolute atomic E-state index is 13.3. The Morgan fingerprint density at radius 3 is 2.52 bits per heavy atom. The summed E-state index contributed by atoms with van der Waals surface area (Å²) in [7, 11) is 1.91. The Labute approximate surface area is 162 Å². The van der Waals surface area contributed by atoms with Crippen molar-refractivity contribution in [1.82, 2.24) is 9.80 Å². The molecule has 1 heterocycles. The van der Waals surface area contributed by atoms with Gasteiger partial charge in [0.1, 0.15) is 5.82 Å². The lowest BCUT2D eigenvalue weighted by atomic mass is 9.75. The Hall–Kier alpha value is -1.46. The highest BCUT2D eigenvalue weighted by Gasteiger charge is 2.38. The van der Waals surface area contributed by atoms with E-state index in [2.05, 4.69) is 4.90 Å². The van der Waals surface area contributed by atoms with Crippen LogP contribution in [0.3, 0.4) is 0 Å². The van der Waals surface area contributed by atoms with E-state index in [0.717, 1.165) is 38.8 Å².